The van der Waals surface area contributed by atoms with Crippen molar-refractivity contribution in [1.82, 2.24) is 20.0 Å². The van der Waals surface area contributed by atoms with Crippen LogP contribution in [0, 0.1) is 11.6 Å². The van der Waals surface area contributed by atoms with Crippen molar-refractivity contribution in [3.05, 3.63) is 75.8 Å². The molecule has 5 rings (SSSR count). The molecule has 1 aliphatic rings. The van der Waals surface area contributed by atoms with E-state index in [-0.39, 0.29) is 40.6 Å². The van der Waals surface area contributed by atoms with Crippen LogP contribution in [0.15, 0.2) is 51.9 Å². The standard InChI is InChI=1S/C23H18F2N4O4/c1-32-21-18(25)16(24)9-14-19(21)29(13-7-8-13)11-15(20(14)30)22(31)26-10-17-27-23(33-28-17)12-5-3-2-4-6-12/h2-6,9,11,13H,7-8,10H2,1H3,(H,26,31). The van der Waals surface area contributed by atoms with Gasteiger partial charge in [-0.05, 0) is 31.0 Å². The van der Waals surface area contributed by atoms with Crippen LogP contribution < -0.4 is 15.5 Å². The Morgan fingerprint density at radius 2 is 2.03 bits per heavy atom. The number of benzene rings is 2. The molecule has 1 amide bonds. The fourth-order valence-electron chi connectivity index (χ4n) is 3.70. The maximum atomic E-state index is 14.3. The van der Waals surface area contributed by atoms with Gasteiger partial charge in [0, 0.05) is 17.8 Å². The number of aromatic nitrogens is 3. The second kappa shape index (κ2) is 8.12. The summed E-state index contributed by atoms with van der Waals surface area (Å²) in [5.41, 5.74) is -0.0670. The summed E-state index contributed by atoms with van der Waals surface area (Å²) in [7, 11) is 1.20. The zero-order chi connectivity index (χ0) is 23.1. The highest BCUT2D eigenvalue weighted by Crippen LogP contribution is 2.40. The van der Waals surface area contributed by atoms with Gasteiger partial charge >= 0.3 is 0 Å². The molecule has 0 aliphatic heterocycles. The molecule has 0 unspecified atom stereocenters. The minimum Gasteiger partial charge on any atom is -0.491 e. The van der Waals surface area contributed by atoms with Gasteiger partial charge in [0.2, 0.25) is 11.2 Å². The van der Waals surface area contributed by atoms with Crippen LogP contribution in [0.5, 0.6) is 5.75 Å². The zero-order valence-electron chi connectivity index (χ0n) is 17.5. The number of fused-ring (bicyclic) bond motifs is 1. The molecule has 1 fully saturated rings. The zero-order valence-corrected chi connectivity index (χ0v) is 17.5. The van der Waals surface area contributed by atoms with Crippen molar-refractivity contribution in [1.29, 1.82) is 0 Å². The first-order valence-electron chi connectivity index (χ1n) is 10.2. The number of ether oxygens (including phenoxy) is 1. The van der Waals surface area contributed by atoms with Crippen molar-refractivity contribution in [3.8, 4) is 17.2 Å². The SMILES string of the molecule is COc1c(F)c(F)cc2c(=O)c(C(=O)NCc3noc(-c4ccccc4)n3)cn(C3CC3)c12. The highest BCUT2D eigenvalue weighted by molar-refractivity contribution is 5.98. The number of hydrogen-bond acceptors (Lipinski definition) is 6. The first-order chi connectivity index (χ1) is 16.0. The molecule has 33 heavy (non-hydrogen) atoms. The molecule has 0 spiro atoms. The number of methoxy groups -OCH3 is 1. The number of rotatable bonds is 6. The van der Waals surface area contributed by atoms with Gasteiger partial charge in [0.15, 0.2) is 17.4 Å². The third kappa shape index (κ3) is 3.73. The number of carbonyl (C=O) groups excluding carboxylic acids is 1. The third-order valence-corrected chi connectivity index (χ3v) is 5.45. The third-order valence-electron chi connectivity index (χ3n) is 5.45. The predicted octanol–water partition coefficient (Wildman–Crippen LogP) is 3.60. The Balaban J connectivity index is 1.47. The van der Waals surface area contributed by atoms with E-state index >= 15 is 0 Å². The van der Waals surface area contributed by atoms with Gasteiger partial charge < -0.3 is 19.1 Å². The lowest BCUT2D eigenvalue weighted by atomic mass is 10.1. The van der Waals surface area contributed by atoms with Gasteiger partial charge in [-0.15, -0.1) is 0 Å². The van der Waals surface area contributed by atoms with Crippen LogP contribution in [-0.4, -0.2) is 27.7 Å². The monoisotopic (exact) mass is 452 g/mol. The van der Waals surface area contributed by atoms with E-state index in [1.807, 2.05) is 30.3 Å². The Kier molecular flexibility index (Phi) is 5.12. The van der Waals surface area contributed by atoms with E-state index < -0.39 is 23.0 Å². The number of halogens is 2. The van der Waals surface area contributed by atoms with Gasteiger partial charge in [0.05, 0.1) is 24.6 Å². The van der Waals surface area contributed by atoms with Gasteiger partial charge in [0.1, 0.15) is 5.56 Å². The number of hydrogen-bond donors (Lipinski definition) is 1. The van der Waals surface area contributed by atoms with Crippen LogP contribution in [0.2, 0.25) is 0 Å². The van der Waals surface area contributed by atoms with Gasteiger partial charge in [0.25, 0.3) is 11.8 Å². The van der Waals surface area contributed by atoms with Gasteiger partial charge in [-0.1, -0.05) is 23.4 Å². The summed E-state index contributed by atoms with van der Waals surface area (Å²) in [5, 5.41) is 6.30. The van der Waals surface area contributed by atoms with E-state index in [0.29, 0.717) is 5.89 Å². The van der Waals surface area contributed by atoms with Gasteiger partial charge in [-0.25, -0.2) is 4.39 Å². The summed E-state index contributed by atoms with van der Waals surface area (Å²) in [5.74, 6) is -2.93. The average molecular weight is 452 g/mol. The Morgan fingerprint density at radius 3 is 2.73 bits per heavy atom. The van der Waals surface area contributed by atoms with Crippen LogP contribution in [0.4, 0.5) is 8.78 Å². The molecule has 2 aromatic carbocycles. The first-order valence-corrected chi connectivity index (χ1v) is 10.2. The van der Waals surface area contributed by atoms with E-state index in [0.717, 1.165) is 24.5 Å². The quantitative estimate of drug-likeness (QED) is 0.480. The maximum Gasteiger partial charge on any atom is 0.257 e. The van der Waals surface area contributed by atoms with Crippen LogP contribution in [0.1, 0.15) is 35.1 Å². The van der Waals surface area contributed by atoms with Crippen LogP contribution in [-0.2, 0) is 6.54 Å². The number of nitrogens with one attached hydrogen (secondary N) is 1. The largest absolute Gasteiger partial charge is 0.491 e. The topological polar surface area (TPSA) is 99.2 Å². The van der Waals surface area contributed by atoms with Crippen molar-refractivity contribution in [2.24, 2.45) is 0 Å². The molecule has 0 radical (unpaired) electrons. The predicted molar refractivity (Wildman–Crippen MR) is 114 cm³/mol. The van der Waals surface area contributed by atoms with Gasteiger partial charge in [-0.3, -0.25) is 9.59 Å². The molecule has 10 heteroatoms. The lowest BCUT2D eigenvalue weighted by Gasteiger charge is -2.16. The highest BCUT2D eigenvalue weighted by atomic mass is 19.2. The minimum atomic E-state index is -1.23. The number of pyridine rings is 1. The van der Waals surface area contributed by atoms with Crippen molar-refractivity contribution < 1.29 is 22.8 Å². The van der Waals surface area contributed by atoms with Crippen molar-refractivity contribution in [2.45, 2.75) is 25.4 Å². The Bertz CT molecular complexity index is 1430. The fraction of sp³-hybridized carbons (Fsp3) is 0.217. The lowest BCUT2D eigenvalue weighted by Crippen LogP contribution is -2.30. The summed E-state index contributed by atoms with van der Waals surface area (Å²) in [6.45, 7) is -0.0861. The summed E-state index contributed by atoms with van der Waals surface area (Å²) in [4.78, 5) is 30.1. The molecular weight excluding hydrogens is 434 g/mol. The first kappa shape index (κ1) is 20.8. The average Bonchev–Trinajstić information content (AvgIpc) is 3.56. The summed E-state index contributed by atoms with van der Waals surface area (Å²) in [6.07, 6.45) is 2.93. The maximum absolute atomic E-state index is 14.3. The van der Waals surface area contributed by atoms with E-state index in [2.05, 4.69) is 15.5 Å². The van der Waals surface area contributed by atoms with E-state index in [9.17, 15) is 18.4 Å². The van der Waals surface area contributed by atoms with E-state index in [1.54, 1.807) is 4.57 Å². The molecule has 8 nitrogen and oxygen atoms in total. The van der Waals surface area contributed by atoms with E-state index in [1.165, 1.54) is 13.3 Å². The number of nitrogens with zero attached hydrogens (tertiary/aromatic N) is 3. The Hall–Kier alpha value is -4.08. The molecular formula is C23H18F2N4O4. The smallest absolute Gasteiger partial charge is 0.257 e. The van der Waals surface area contributed by atoms with Crippen molar-refractivity contribution >= 4 is 16.8 Å². The molecule has 2 heterocycles. The second-order valence-electron chi connectivity index (χ2n) is 7.68. The molecule has 0 atom stereocenters. The van der Waals surface area contributed by atoms with Crippen molar-refractivity contribution in [3.63, 3.8) is 0 Å². The van der Waals surface area contributed by atoms with Crippen LogP contribution in [0.25, 0.3) is 22.4 Å². The van der Waals surface area contributed by atoms with Crippen LogP contribution in [0.3, 0.4) is 0 Å². The van der Waals surface area contributed by atoms with Crippen molar-refractivity contribution in [2.75, 3.05) is 7.11 Å². The summed E-state index contributed by atoms with van der Waals surface area (Å²) < 4.78 is 40.3. The molecule has 0 bridgehead atoms. The Labute approximate surface area is 185 Å². The lowest BCUT2D eigenvalue weighted by molar-refractivity contribution is 0.0948. The molecule has 0 saturated heterocycles. The molecule has 168 valence electrons. The normalized spacial score (nSPS) is 13.3. The van der Waals surface area contributed by atoms with Crippen LogP contribution >= 0.6 is 0 Å². The molecule has 4 aromatic rings. The highest BCUT2D eigenvalue weighted by Gasteiger charge is 2.30. The molecule has 1 N–H and O–H groups in total. The number of carbonyl (C=O) groups is 1. The van der Waals surface area contributed by atoms with E-state index in [4.69, 9.17) is 9.26 Å². The Morgan fingerprint density at radius 1 is 1.27 bits per heavy atom. The second-order valence-corrected chi connectivity index (χ2v) is 7.68. The minimum absolute atomic E-state index is 0.0379. The van der Waals surface area contributed by atoms with Gasteiger partial charge in [-0.2, -0.15) is 9.37 Å². The molecule has 2 aromatic heterocycles. The fourth-order valence-corrected chi connectivity index (χ4v) is 3.70. The summed E-state index contributed by atoms with van der Waals surface area (Å²) in [6, 6.07) is 9.89. The number of amides is 1. The molecule has 1 aliphatic carbocycles. The summed E-state index contributed by atoms with van der Waals surface area (Å²) >= 11 is 0. The molecule has 1 saturated carbocycles.